The molecule has 30 heavy (non-hydrogen) atoms. The van der Waals surface area contributed by atoms with Gasteiger partial charge in [0, 0.05) is 29.9 Å². The number of fused-ring (bicyclic) bond motifs is 1. The first-order chi connectivity index (χ1) is 14.6. The summed E-state index contributed by atoms with van der Waals surface area (Å²) in [5, 5.41) is 8.05. The lowest BCUT2D eigenvalue weighted by Gasteiger charge is -2.11. The second-order valence-corrected chi connectivity index (χ2v) is 6.78. The molecular weight excluding hydrogens is 386 g/mol. The van der Waals surface area contributed by atoms with Crippen molar-refractivity contribution in [1.82, 2.24) is 29.9 Å². The van der Waals surface area contributed by atoms with Crippen molar-refractivity contribution in [3.8, 4) is 33.8 Å². The van der Waals surface area contributed by atoms with Gasteiger partial charge in [0.15, 0.2) is 5.65 Å². The molecule has 0 unspecified atom stereocenters. The predicted molar refractivity (Wildman–Crippen MR) is 108 cm³/mol. The summed E-state index contributed by atoms with van der Waals surface area (Å²) < 4.78 is 28.5. The number of aromatic nitrogens is 6. The number of pyridine rings is 1. The van der Waals surface area contributed by atoms with Crippen molar-refractivity contribution in [2.45, 2.75) is 0 Å². The highest BCUT2D eigenvalue weighted by atomic mass is 19.1. The molecule has 0 amide bonds. The molecule has 0 spiro atoms. The fraction of sp³-hybridized carbons (Fsp3) is 0.0455. The maximum atomic E-state index is 13.5. The lowest BCUT2D eigenvalue weighted by atomic mass is 10.0. The highest BCUT2D eigenvalue weighted by molar-refractivity contribution is 5.86. The summed E-state index contributed by atoms with van der Waals surface area (Å²) >= 11 is 0. The lowest BCUT2D eigenvalue weighted by molar-refractivity contribution is 0.627. The van der Waals surface area contributed by atoms with Crippen molar-refractivity contribution in [3.05, 3.63) is 78.6 Å². The Morgan fingerprint density at radius 3 is 1.93 bits per heavy atom. The smallest absolute Gasteiger partial charge is 0.178 e. The van der Waals surface area contributed by atoms with Crippen LogP contribution in [0, 0.1) is 11.6 Å². The van der Waals surface area contributed by atoms with Crippen molar-refractivity contribution >= 4 is 11.2 Å². The number of aryl methyl sites for hydroxylation is 1. The Bertz CT molecular complexity index is 1360. The third-order valence-corrected chi connectivity index (χ3v) is 4.66. The Kier molecular flexibility index (Phi) is 4.24. The second kappa shape index (κ2) is 7.07. The standard InChI is InChI=1S/C22H14F2N6/c1-30-12-19(28-29-30)15-10-18-22(25-11-15)27-21(14-4-8-17(24)9-5-14)20(26-18)13-2-6-16(23)7-3-13/h2-12H,1H3. The number of hydrogen-bond donors (Lipinski definition) is 0. The van der Waals surface area contributed by atoms with Gasteiger partial charge in [0.25, 0.3) is 0 Å². The van der Waals surface area contributed by atoms with Crippen molar-refractivity contribution in [2.24, 2.45) is 7.05 Å². The zero-order valence-electron chi connectivity index (χ0n) is 15.8. The van der Waals surface area contributed by atoms with Crippen LogP contribution in [0.2, 0.25) is 0 Å². The highest BCUT2D eigenvalue weighted by Crippen LogP contribution is 2.31. The van der Waals surface area contributed by atoms with E-state index in [1.54, 1.807) is 48.4 Å². The molecule has 0 atom stereocenters. The minimum absolute atomic E-state index is 0.345. The van der Waals surface area contributed by atoms with E-state index < -0.39 is 0 Å². The number of rotatable bonds is 3. The minimum atomic E-state index is -0.345. The van der Waals surface area contributed by atoms with Crippen molar-refractivity contribution in [2.75, 3.05) is 0 Å². The van der Waals surface area contributed by atoms with Crippen molar-refractivity contribution in [1.29, 1.82) is 0 Å². The van der Waals surface area contributed by atoms with Crippen LogP contribution in [0.5, 0.6) is 0 Å². The Morgan fingerprint density at radius 2 is 1.37 bits per heavy atom. The fourth-order valence-electron chi connectivity index (χ4n) is 3.18. The molecule has 3 heterocycles. The van der Waals surface area contributed by atoms with Crippen LogP contribution < -0.4 is 0 Å². The van der Waals surface area contributed by atoms with Crippen LogP contribution in [0.1, 0.15) is 0 Å². The Morgan fingerprint density at radius 1 is 0.767 bits per heavy atom. The lowest BCUT2D eigenvalue weighted by Crippen LogP contribution is -1.98. The molecule has 0 radical (unpaired) electrons. The van der Waals surface area contributed by atoms with E-state index in [1.165, 1.54) is 24.3 Å². The van der Waals surface area contributed by atoms with Crippen LogP contribution in [0.25, 0.3) is 44.9 Å². The van der Waals surface area contributed by atoms with Gasteiger partial charge in [-0.15, -0.1) is 5.10 Å². The molecule has 0 aliphatic carbocycles. The summed E-state index contributed by atoms with van der Waals surface area (Å²) in [6.45, 7) is 0. The molecule has 0 saturated heterocycles. The molecule has 3 aromatic heterocycles. The van der Waals surface area contributed by atoms with Crippen molar-refractivity contribution in [3.63, 3.8) is 0 Å². The maximum absolute atomic E-state index is 13.5. The first-order valence-electron chi connectivity index (χ1n) is 9.13. The molecule has 6 nitrogen and oxygen atoms in total. The molecule has 0 aliphatic rings. The summed E-state index contributed by atoms with van der Waals surface area (Å²) in [6, 6.07) is 13.8. The van der Waals surface area contributed by atoms with E-state index in [2.05, 4.69) is 20.3 Å². The van der Waals surface area contributed by atoms with Gasteiger partial charge in [0.1, 0.15) is 22.8 Å². The van der Waals surface area contributed by atoms with Gasteiger partial charge in [-0.05, 0) is 54.6 Å². The molecular formula is C22H14F2N6. The average Bonchev–Trinajstić information content (AvgIpc) is 3.20. The van der Waals surface area contributed by atoms with Crippen LogP contribution in [0.15, 0.2) is 67.0 Å². The van der Waals surface area contributed by atoms with Gasteiger partial charge in [-0.25, -0.2) is 23.7 Å². The highest BCUT2D eigenvalue weighted by Gasteiger charge is 2.15. The summed E-state index contributed by atoms with van der Waals surface area (Å²) in [5.74, 6) is -0.690. The molecule has 8 heteroatoms. The van der Waals surface area contributed by atoms with Crippen LogP contribution in [-0.2, 0) is 7.05 Å². The van der Waals surface area contributed by atoms with Gasteiger partial charge in [0.2, 0.25) is 0 Å². The van der Waals surface area contributed by atoms with E-state index in [0.29, 0.717) is 39.4 Å². The zero-order chi connectivity index (χ0) is 20.7. The molecule has 0 saturated carbocycles. The topological polar surface area (TPSA) is 69.4 Å². The summed E-state index contributed by atoms with van der Waals surface area (Å²) in [4.78, 5) is 13.9. The van der Waals surface area contributed by atoms with E-state index in [0.717, 1.165) is 5.56 Å². The van der Waals surface area contributed by atoms with Gasteiger partial charge in [-0.2, -0.15) is 0 Å². The summed E-state index contributed by atoms with van der Waals surface area (Å²) in [5.41, 5.74) is 4.88. The quantitative estimate of drug-likeness (QED) is 0.448. The summed E-state index contributed by atoms with van der Waals surface area (Å²) in [7, 11) is 1.78. The summed E-state index contributed by atoms with van der Waals surface area (Å²) in [6.07, 6.45) is 3.44. The van der Waals surface area contributed by atoms with Gasteiger partial charge in [-0.3, -0.25) is 4.68 Å². The fourth-order valence-corrected chi connectivity index (χ4v) is 3.18. The van der Waals surface area contributed by atoms with E-state index in [-0.39, 0.29) is 11.6 Å². The molecule has 146 valence electrons. The Labute approximate surface area is 169 Å². The third kappa shape index (κ3) is 3.28. The monoisotopic (exact) mass is 400 g/mol. The largest absolute Gasteiger partial charge is 0.255 e. The first kappa shape index (κ1) is 18.0. The van der Waals surface area contributed by atoms with Crippen LogP contribution in [0.3, 0.4) is 0 Å². The maximum Gasteiger partial charge on any atom is 0.178 e. The van der Waals surface area contributed by atoms with E-state index in [1.807, 2.05) is 6.07 Å². The van der Waals surface area contributed by atoms with Gasteiger partial charge in [-0.1, -0.05) is 5.21 Å². The first-order valence-corrected chi connectivity index (χ1v) is 9.13. The average molecular weight is 400 g/mol. The third-order valence-electron chi connectivity index (χ3n) is 4.66. The van der Waals surface area contributed by atoms with Gasteiger partial charge >= 0.3 is 0 Å². The van der Waals surface area contributed by atoms with Crippen molar-refractivity contribution < 1.29 is 8.78 Å². The Hall–Kier alpha value is -4.07. The number of nitrogens with zero attached hydrogens (tertiary/aromatic N) is 6. The van der Waals surface area contributed by atoms with Gasteiger partial charge < -0.3 is 0 Å². The molecule has 5 aromatic rings. The number of hydrogen-bond acceptors (Lipinski definition) is 5. The predicted octanol–water partition coefficient (Wildman–Crippen LogP) is 4.43. The molecule has 0 N–H and O–H groups in total. The van der Waals surface area contributed by atoms with Crippen LogP contribution >= 0.6 is 0 Å². The van der Waals surface area contributed by atoms with Gasteiger partial charge in [0.05, 0.1) is 17.6 Å². The van der Waals surface area contributed by atoms with Crippen LogP contribution in [0.4, 0.5) is 8.78 Å². The molecule has 2 aromatic carbocycles. The molecule has 0 aliphatic heterocycles. The molecule has 5 rings (SSSR count). The molecule has 0 bridgehead atoms. The molecule has 0 fully saturated rings. The number of halogens is 2. The van der Waals surface area contributed by atoms with E-state index in [4.69, 9.17) is 4.98 Å². The van der Waals surface area contributed by atoms with Crippen LogP contribution in [-0.4, -0.2) is 29.9 Å². The Balaban J connectivity index is 1.73. The van der Waals surface area contributed by atoms with E-state index >= 15 is 0 Å². The van der Waals surface area contributed by atoms with E-state index in [9.17, 15) is 8.78 Å². The second-order valence-electron chi connectivity index (χ2n) is 6.78. The SMILES string of the molecule is Cn1cc(-c2cnc3nc(-c4ccc(F)cc4)c(-c4ccc(F)cc4)nc3c2)nn1. The number of benzene rings is 2. The zero-order valence-corrected chi connectivity index (χ0v) is 15.8. The minimum Gasteiger partial charge on any atom is -0.255 e. The normalized spacial score (nSPS) is 11.2.